The Morgan fingerprint density at radius 2 is 1.88 bits per heavy atom. The lowest BCUT2D eigenvalue weighted by molar-refractivity contribution is -0.276. The van der Waals surface area contributed by atoms with E-state index in [-0.39, 0.29) is 5.76 Å². The van der Waals surface area contributed by atoms with Crippen molar-refractivity contribution < 1.29 is 13.9 Å². The SMILES string of the molecule is CCC1C2(C)OC(=N)C1(C#N)C(C#N)(C#N)C(c1ccc(C)o1)O2. The van der Waals surface area contributed by atoms with E-state index in [9.17, 15) is 15.8 Å². The van der Waals surface area contributed by atoms with Gasteiger partial charge in [0, 0.05) is 6.92 Å². The molecule has 7 heteroatoms. The van der Waals surface area contributed by atoms with Gasteiger partial charge >= 0.3 is 0 Å². The Kier molecular flexibility index (Phi) is 3.23. The lowest BCUT2D eigenvalue weighted by atomic mass is 9.53. The summed E-state index contributed by atoms with van der Waals surface area (Å²) in [7, 11) is 0. The number of nitriles is 3. The van der Waals surface area contributed by atoms with Crippen LogP contribution >= 0.6 is 0 Å². The second kappa shape index (κ2) is 4.84. The molecule has 3 heterocycles. The third kappa shape index (κ3) is 1.54. The highest BCUT2D eigenvalue weighted by Gasteiger charge is 2.79. The van der Waals surface area contributed by atoms with E-state index in [4.69, 9.17) is 19.3 Å². The first-order valence-corrected chi connectivity index (χ1v) is 7.61. The Bertz CT molecular complexity index is 825. The average Bonchev–Trinajstić information content (AvgIpc) is 3.05. The fourth-order valence-electron chi connectivity index (χ4n) is 4.07. The summed E-state index contributed by atoms with van der Waals surface area (Å²) in [5.74, 6) is -1.42. The molecule has 2 bridgehead atoms. The fourth-order valence-corrected chi connectivity index (χ4v) is 4.07. The molecule has 3 rings (SSSR count). The normalized spacial score (nSPS) is 36.2. The van der Waals surface area contributed by atoms with Crippen molar-refractivity contribution in [1.82, 2.24) is 0 Å². The van der Waals surface area contributed by atoms with Crippen LogP contribution in [0, 0.1) is 63.1 Å². The molecule has 0 saturated carbocycles. The van der Waals surface area contributed by atoms with Gasteiger partial charge in [-0.05, 0) is 25.5 Å². The van der Waals surface area contributed by atoms with Crippen LogP contribution in [0.15, 0.2) is 16.5 Å². The third-order valence-electron chi connectivity index (χ3n) is 5.14. The number of aryl methyl sites for hydroxylation is 1. The number of furan rings is 1. The number of nitrogens with one attached hydrogen (secondary N) is 1. The van der Waals surface area contributed by atoms with Gasteiger partial charge in [0.15, 0.2) is 11.5 Å². The molecule has 1 N–H and O–H groups in total. The minimum Gasteiger partial charge on any atom is -0.464 e. The standard InChI is InChI=1S/C17H16N4O3/c1-4-12-15(3)23-13(11-6-5-10(2)22-11)16(7-18,8-19)17(12,9-20)14(21)24-15/h5-6,12-13,21H,4H2,1-3H3. The van der Waals surface area contributed by atoms with Crippen LogP contribution in [-0.4, -0.2) is 11.7 Å². The summed E-state index contributed by atoms with van der Waals surface area (Å²) >= 11 is 0. The Morgan fingerprint density at radius 1 is 1.21 bits per heavy atom. The van der Waals surface area contributed by atoms with E-state index >= 15 is 0 Å². The smallest absolute Gasteiger partial charge is 0.215 e. The van der Waals surface area contributed by atoms with Crippen LogP contribution in [0.2, 0.25) is 0 Å². The topological polar surface area (TPSA) is 127 Å². The summed E-state index contributed by atoms with van der Waals surface area (Å²) in [6.45, 7) is 5.18. The molecule has 0 radical (unpaired) electrons. The zero-order valence-corrected chi connectivity index (χ0v) is 13.6. The van der Waals surface area contributed by atoms with Crippen molar-refractivity contribution >= 4 is 5.90 Å². The maximum absolute atomic E-state index is 9.96. The largest absolute Gasteiger partial charge is 0.464 e. The molecule has 2 aliphatic rings. The molecule has 2 aliphatic heterocycles. The molecule has 0 aromatic carbocycles. The molecule has 1 aromatic rings. The molecular formula is C17H16N4O3. The third-order valence-corrected chi connectivity index (χ3v) is 5.14. The summed E-state index contributed by atoms with van der Waals surface area (Å²) < 4.78 is 17.2. The zero-order valence-electron chi connectivity index (χ0n) is 13.6. The molecule has 24 heavy (non-hydrogen) atoms. The van der Waals surface area contributed by atoms with Gasteiger partial charge in [-0.1, -0.05) is 6.92 Å². The van der Waals surface area contributed by atoms with Gasteiger partial charge in [-0.3, -0.25) is 5.41 Å². The number of hydrogen-bond acceptors (Lipinski definition) is 7. The minimum absolute atomic E-state index is 0.273. The first kappa shape index (κ1) is 16.1. The van der Waals surface area contributed by atoms with E-state index in [1.54, 1.807) is 26.0 Å². The monoisotopic (exact) mass is 324 g/mol. The lowest BCUT2D eigenvalue weighted by Gasteiger charge is -2.47. The van der Waals surface area contributed by atoms with Crippen LogP contribution < -0.4 is 0 Å². The van der Waals surface area contributed by atoms with Gasteiger partial charge < -0.3 is 13.9 Å². The minimum atomic E-state index is -1.94. The van der Waals surface area contributed by atoms with E-state index in [0.29, 0.717) is 12.2 Å². The van der Waals surface area contributed by atoms with Crippen LogP contribution in [0.3, 0.4) is 0 Å². The molecule has 0 spiro atoms. The molecule has 2 fully saturated rings. The van der Waals surface area contributed by atoms with Crippen LogP contribution in [-0.2, 0) is 9.47 Å². The van der Waals surface area contributed by atoms with Crippen LogP contribution in [0.5, 0.6) is 0 Å². The quantitative estimate of drug-likeness (QED) is 0.890. The molecular weight excluding hydrogens is 308 g/mol. The van der Waals surface area contributed by atoms with Crippen molar-refractivity contribution in [1.29, 1.82) is 21.2 Å². The van der Waals surface area contributed by atoms with Crippen molar-refractivity contribution in [3.05, 3.63) is 23.7 Å². The highest BCUT2D eigenvalue weighted by molar-refractivity contribution is 5.89. The number of hydrogen-bond donors (Lipinski definition) is 1. The van der Waals surface area contributed by atoms with Gasteiger partial charge in [-0.2, -0.15) is 15.8 Å². The first-order valence-electron chi connectivity index (χ1n) is 7.61. The molecule has 122 valence electrons. The highest BCUT2D eigenvalue weighted by atomic mass is 16.7. The molecule has 1 aromatic heterocycles. The Labute approximate surface area is 139 Å². The van der Waals surface area contributed by atoms with Crippen LogP contribution in [0.25, 0.3) is 0 Å². The first-order chi connectivity index (χ1) is 11.3. The van der Waals surface area contributed by atoms with Gasteiger partial charge in [0.25, 0.3) is 0 Å². The predicted octanol–water partition coefficient (Wildman–Crippen LogP) is 2.95. The van der Waals surface area contributed by atoms with Gasteiger partial charge in [-0.15, -0.1) is 0 Å². The van der Waals surface area contributed by atoms with Crippen LogP contribution in [0.4, 0.5) is 0 Å². The van der Waals surface area contributed by atoms with Gasteiger partial charge in [0.1, 0.15) is 11.5 Å². The Balaban J connectivity index is 2.34. The van der Waals surface area contributed by atoms with E-state index in [2.05, 4.69) is 6.07 Å². The average molecular weight is 324 g/mol. The maximum Gasteiger partial charge on any atom is 0.215 e. The maximum atomic E-state index is 9.96. The number of fused-ring (bicyclic) bond motifs is 2. The van der Waals surface area contributed by atoms with Gasteiger partial charge in [0.2, 0.25) is 17.1 Å². The second-order valence-corrected chi connectivity index (χ2v) is 6.31. The van der Waals surface area contributed by atoms with Crippen molar-refractivity contribution in [3.8, 4) is 18.2 Å². The fraction of sp³-hybridized carbons (Fsp3) is 0.529. The van der Waals surface area contributed by atoms with E-state index < -0.39 is 34.5 Å². The van der Waals surface area contributed by atoms with Crippen molar-refractivity contribution in [3.63, 3.8) is 0 Å². The summed E-state index contributed by atoms with van der Waals surface area (Å²) in [6, 6.07) is 9.31. The van der Waals surface area contributed by atoms with Crippen molar-refractivity contribution in [2.24, 2.45) is 16.7 Å². The van der Waals surface area contributed by atoms with E-state index in [1.165, 1.54) is 0 Å². The molecule has 7 nitrogen and oxygen atoms in total. The molecule has 0 amide bonds. The number of nitrogens with zero attached hydrogens (tertiary/aromatic N) is 3. The molecule has 4 unspecified atom stereocenters. The van der Waals surface area contributed by atoms with Crippen LogP contribution in [0.1, 0.15) is 37.9 Å². The number of rotatable bonds is 2. The Morgan fingerprint density at radius 3 is 2.33 bits per heavy atom. The van der Waals surface area contributed by atoms with E-state index in [1.807, 2.05) is 19.1 Å². The summed E-state index contributed by atoms with van der Waals surface area (Å²) in [5.41, 5.74) is -3.66. The lowest BCUT2D eigenvalue weighted by Crippen LogP contribution is -2.58. The molecule has 2 saturated heterocycles. The zero-order chi connectivity index (χ0) is 17.8. The van der Waals surface area contributed by atoms with Crippen molar-refractivity contribution in [2.75, 3.05) is 0 Å². The van der Waals surface area contributed by atoms with Gasteiger partial charge in [0.05, 0.1) is 24.1 Å². The molecule has 4 atom stereocenters. The summed E-state index contributed by atoms with van der Waals surface area (Å²) in [4.78, 5) is 0. The summed E-state index contributed by atoms with van der Waals surface area (Å²) in [5, 5.41) is 38.0. The number of ether oxygens (including phenoxy) is 2. The second-order valence-electron chi connectivity index (χ2n) is 6.31. The summed E-state index contributed by atoms with van der Waals surface area (Å²) in [6.07, 6.45) is -0.710. The Hall–Kier alpha value is -2.82. The molecule has 0 aliphatic carbocycles. The predicted molar refractivity (Wildman–Crippen MR) is 80.0 cm³/mol. The van der Waals surface area contributed by atoms with E-state index in [0.717, 1.165) is 0 Å². The highest BCUT2D eigenvalue weighted by Crippen LogP contribution is 2.67. The van der Waals surface area contributed by atoms with Crippen molar-refractivity contribution in [2.45, 2.75) is 39.1 Å². The van der Waals surface area contributed by atoms with Gasteiger partial charge in [-0.25, -0.2) is 0 Å².